The molecule has 0 aliphatic heterocycles. The smallest absolute Gasteiger partial charge is 0.337 e. The molecule has 7 heteroatoms. The van der Waals surface area contributed by atoms with Crippen LogP contribution in [0.4, 0.5) is 17.1 Å². The Morgan fingerprint density at radius 2 is 1.30 bits per heavy atom. The first-order valence-electron chi connectivity index (χ1n) is 6.62. The highest BCUT2D eigenvalue weighted by Gasteiger charge is 2.13. The molecule has 0 spiro atoms. The van der Waals surface area contributed by atoms with Gasteiger partial charge in [-0.2, -0.15) is 10.2 Å². The maximum Gasteiger partial charge on any atom is 0.337 e. The molecule has 0 unspecified atom stereocenters. The zero-order chi connectivity index (χ0) is 16.8. The summed E-state index contributed by atoms with van der Waals surface area (Å²) in [7, 11) is 2.51. The quantitative estimate of drug-likeness (QED) is 0.530. The van der Waals surface area contributed by atoms with Gasteiger partial charge in [-0.1, -0.05) is 0 Å². The Morgan fingerprint density at radius 3 is 1.78 bits per heavy atom. The van der Waals surface area contributed by atoms with Crippen molar-refractivity contribution in [3.05, 3.63) is 53.6 Å². The molecule has 23 heavy (non-hydrogen) atoms. The van der Waals surface area contributed by atoms with E-state index in [0.29, 0.717) is 17.1 Å². The van der Waals surface area contributed by atoms with E-state index in [1.54, 1.807) is 24.3 Å². The van der Waals surface area contributed by atoms with Crippen LogP contribution >= 0.6 is 0 Å². The second kappa shape index (κ2) is 7.17. The van der Waals surface area contributed by atoms with Crippen LogP contribution in [0.25, 0.3) is 0 Å². The highest BCUT2D eigenvalue weighted by molar-refractivity contribution is 5.96. The fraction of sp³-hybridized carbons (Fsp3) is 0.125. The lowest BCUT2D eigenvalue weighted by molar-refractivity contribution is 0.0599. The summed E-state index contributed by atoms with van der Waals surface area (Å²) >= 11 is 0. The lowest BCUT2D eigenvalue weighted by Gasteiger charge is -2.04. The molecule has 0 heterocycles. The second-order valence-corrected chi connectivity index (χ2v) is 4.54. The SMILES string of the molecule is COC(=O)c1cc(N=Nc2ccc(N)cc2)cc(C(=O)OC)c1. The van der Waals surface area contributed by atoms with Crippen molar-refractivity contribution in [3.63, 3.8) is 0 Å². The number of carbonyl (C=O) groups is 2. The van der Waals surface area contributed by atoms with Crippen LogP contribution in [0.15, 0.2) is 52.7 Å². The van der Waals surface area contributed by atoms with Gasteiger partial charge in [0.2, 0.25) is 0 Å². The first-order chi connectivity index (χ1) is 11.0. The third-order valence-corrected chi connectivity index (χ3v) is 2.93. The Balaban J connectivity index is 2.38. The molecule has 2 aromatic carbocycles. The normalized spacial score (nSPS) is 10.5. The van der Waals surface area contributed by atoms with Gasteiger partial charge in [-0.25, -0.2) is 9.59 Å². The van der Waals surface area contributed by atoms with Gasteiger partial charge in [0.15, 0.2) is 0 Å². The van der Waals surface area contributed by atoms with Crippen molar-refractivity contribution in [2.75, 3.05) is 20.0 Å². The summed E-state index contributed by atoms with van der Waals surface area (Å²) in [6.45, 7) is 0. The molecule has 0 aliphatic carbocycles. The minimum absolute atomic E-state index is 0.182. The van der Waals surface area contributed by atoms with Gasteiger partial charge >= 0.3 is 11.9 Å². The van der Waals surface area contributed by atoms with Crippen molar-refractivity contribution in [2.45, 2.75) is 0 Å². The summed E-state index contributed by atoms with van der Waals surface area (Å²) in [5.41, 5.74) is 7.49. The third-order valence-electron chi connectivity index (χ3n) is 2.93. The monoisotopic (exact) mass is 313 g/mol. The summed E-state index contributed by atoms with van der Waals surface area (Å²) in [4.78, 5) is 23.4. The van der Waals surface area contributed by atoms with E-state index < -0.39 is 11.9 Å². The van der Waals surface area contributed by atoms with Crippen LogP contribution < -0.4 is 5.73 Å². The Bertz CT molecular complexity index is 720. The van der Waals surface area contributed by atoms with Gasteiger partial charge in [-0.05, 0) is 42.5 Å². The zero-order valence-corrected chi connectivity index (χ0v) is 12.6. The fourth-order valence-electron chi connectivity index (χ4n) is 1.80. The van der Waals surface area contributed by atoms with E-state index in [-0.39, 0.29) is 11.1 Å². The lowest BCUT2D eigenvalue weighted by atomic mass is 10.1. The fourth-order valence-corrected chi connectivity index (χ4v) is 1.80. The van der Waals surface area contributed by atoms with Gasteiger partial charge in [0.05, 0.1) is 36.7 Å². The number of azo groups is 1. The minimum atomic E-state index is -0.584. The average molecular weight is 313 g/mol. The van der Waals surface area contributed by atoms with E-state index in [1.165, 1.54) is 32.4 Å². The number of nitrogen functional groups attached to an aromatic ring is 1. The summed E-state index contributed by atoms with van der Waals surface area (Å²) < 4.78 is 9.32. The van der Waals surface area contributed by atoms with Gasteiger partial charge in [-0.15, -0.1) is 0 Å². The van der Waals surface area contributed by atoms with E-state index in [1.807, 2.05) is 0 Å². The molecular weight excluding hydrogens is 298 g/mol. The van der Waals surface area contributed by atoms with Crippen LogP contribution in [-0.4, -0.2) is 26.2 Å². The average Bonchev–Trinajstić information content (AvgIpc) is 2.59. The van der Waals surface area contributed by atoms with Gasteiger partial charge in [-0.3, -0.25) is 0 Å². The zero-order valence-electron chi connectivity index (χ0n) is 12.6. The van der Waals surface area contributed by atoms with Crippen LogP contribution in [-0.2, 0) is 9.47 Å². The van der Waals surface area contributed by atoms with Crippen molar-refractivity contribution in [1.82, 2.24) is 0 Å². The topological polar surface area (TPSA) is 103 Å². The van der Waals surface area contributed by atoms with Gasteiger partial charge in [0.25, 0.3) is 0 Å². The lowest BCUT2D eigenvalue weighted by Crippen LogP contribution is -2.06. The molecule has 2 aromatic rings. The molecule has 2 rings (SSSR count). The molecule has 0 aliphatic rings. The second-order valence-electron chi connectivity index (χ2n) is 4.54. The molecule has 0 amide bonds. The number of anilines is 1. The number of hydrogen-bond acceptors (Lipinski definition) is 7. The van der Waals surface area contributed by atoms with Crippen LogP contribution in [0.5, 0.6) is 0 Å². The Kier molecular flexibility index (Phi) is 5.03. The van der Waals surface area contributed by atoms with Crippen molar-refractivity contribution in [2.24, 2.45) is 10.2 Å². The number of rotatable bonds is 4. The Morgan fingerprint density at radius 1 is 0.826 bits per heavy atom. The van der Waals surface area contributed by atoms with E-state index in [4.69, 9.17) is 5.73 Å². The summed E-state index contributed by atoms with van der Waals surface area (Å²) in [5, 5.41) is 8.06. The van der Waals surface area contributed by atoms with E-state index in [0.717, 1.165) is 0 Å². The molecule has 118 valence electrons. The Hall–Kier alpha value is -3.22. The maximum atomic E-state index is 11.7. The van der Waals surface area contributed by atoms with Gasteiger partial charge in [0, 0.05) is 5.69 Å². The molecule has 0 aromatic heterocycles. The number of carbonyl (C=O) groups excluding carboxylic acids is 2. The van der Waals surface area contributed by atoms with E-state index >= 15 is 0 Å². The predicted molar refractivity (Wildman–Crippen MR) is 84.2 cm³/mol. The standard InChI is InChI=1S/C16H15N3O4/c1-22-15(20)10-7-11(16(21)23-2)9-14(8-10)19-18-13-5-3-12(17)4-6-13/h3-9H,17H2,1-2H3. The van der Waals surface area contributed by atoms with Crippen molar-refractivity contribution in [3.8, 4) is 0 Å². The number of ether oxygens (including phenoxy) is 2. The minimum Gasteiger partial charge on any atom is -0.465 e. The molecule has 7 nitrogen and oxygen atoms in total. The van der Waals surface area contributed by atoms with Gasteiger partial charge in [0.1, 0.15) is 0 Å². The molecule has 0 fully saturated rings. The van der Waals surface area contributed by atoms with Crippen molar-refractivity contribution < 1.29 is 19.1 Å². The summed E-state index contributed by atoms with van der Waals surface area (Å²) in [6, 6.07) is 11.1. The van der Waals surface area contributed by atoms with Crippen LogP contribution in [0.1, 0.15) is 20.7 Å². The third kappa shape index (κ3) is 4.13. The summed E-state index contributed by atoms with van der Waals surface area (Å²) in [6.07, 6.45) is 0. The molecule has 0 bridgehead atoms. The molecule has 0 saturated carbocycles. The molecule has 0 atom stereocenters. The number of esters is 2. The van der Waals surface area contributed by atoms with E-state index in [2.05, 4.69) is 19.7 Å². The number of hydrogen-bond donors (Lipinski definition) is 1. The summed E-state index contributed by atoms with van der Waals surface area (Å²) in [5.74, 6) is -1.17. The van der Waals surface area contributed by atoms with Crippen molar-refractivity contribution >= 4 is 29.0 Å². The largest absolute Gasteiger partial charge is 0.465 e. The van der Waals surface area contributed by atoms with Crippen molar-refractivity contribution in [1.29, 1.82) is 0 Å². The van der Waals surface area contributed by atoms with Crippen LogP contribution in [0.2, 0.25) is 0 Å². The van der Waals surface area contributed by atoms with Gasteiger partial charge < -0.3 is 15.2 Å². The number of methoxy groups -OCH3 is 2. The first kappa shape index (κ1) is 16.2. The highest BCUT2D eigenvalue weighted by Crippen LogP contribution is 2.23. The number of nitrogens with zero attached hydrogens (tertiary/aromatic N) is 2. The maximum absolute atomic E-state index is 11.7. The molecule has 0 saturated heterocycles. The molecular formula is C16H15N3O4. The van der Waals surface area contributed by atoms with Crippen LogP contribution in [0.3, 0.4) is 0 Å². The van der Waals surface area contributed by atoms with E-state index in [9.17, 15) is 9.59 Å². The number of benzene rings is 2. The molecule has 2 N–H and O–H groups in total. The van der Waals surface area contributed by atoms with Crippen LogP contribution in [0, 0.1) is 0 Å². The molecule has 0 radical (unpaired) electrons. The predicted octanol–water partition coefficient (Wildman–Crippen LogP) is 3.26. The highest BCUT2D eigenvalue weighted by atomic mass is 16.5. The Labute approximate surface area is 132 Å². The first-order valence-corrected chi connectivity index (χ1v) is 6.62. The number of nitrogens with two attached hydrogens (primary N) is 1.